The molecule has 4 nitrogen and oxygen atoms in total. The van der Waals surface area contributed by atoms with Crippen molar-refractivity contribution in [2.24, 2.45) is 17.3 Å². The molecule has 3 unspecified atom stereocenters. The van der Waals surface area contributed by atoms with Gasteiger partial charge in [-0.25, -0.2) is 4.79 Å². The molecule has 1 heterocycles. The van der Waals surface area contributed by atoms with Crippen LogP contribution in [0.2, 0.25) is 0 Å². The molecule has 1 saturated heterocycles. The Labute approximate surface area is 95.6 Å². The summed E-state index contributed by atoms with van der Waals surface area (Å²) in [6.07, 6.45) is 0.604. The summed E-state index contributed by atoms with van der Waals surface area (Å²) in [7, 11) is 0. The van der Waals surface area contributed by atoms with E-state index in [4.69, 9.17) is 0 Å². The zero-order chi connectivity index (χ0) is 12.1. The Hall–Kier alpha value is -1.06. The van der Waals surface area contributed by atoms with Gasteiger partial charge < -0.3 is 10.0 Å². The number of carbonyl (C=O) groups is 2. The van der Waals surface area contributed by atoms with Crippen molar-refractivity contribution in [3.8, 4) is 0 Å². The molecule has 0 spiro atoms. The Morgan fingerprint density at radius 2 is 2.06 bits per heavy atom. The van der Waals surface area contributed by atoms with Crippen LogP contribution in [0.4, 0.5) is 4.79 Å². The molecule has 0 aromatic carbocycles. The number of fused-ring (bicyclic) bond motifs is 1. The quantitative estimate of drug-likeness (QED) is 0.686. The van der Waals surface area contributed by atoms with Gasteiger partial charge in [0.1, 0.15) is 5.78 Å². The molecule has 1 aliphatic carbocycles. The lowest BCUT2D eigenvalue weighted by Gasteiger charge is -2.36. The predicted octanol–water partition coefficient (Wildman–Crippen LogP) is 1.99. The van der Waals surface area contributed by atoms with Crippen molar-refractivity contribution in [3.63, 3.8) is 0 Å². The van der Waals surface area contributed by atoms with Crippen LogP contribution in [-0.2, 0) is 4.79 Å². The highest BCUT2D eigenvalue weighted by molar-refractivity contribution is 5.85. The molecule has 16 heavy (non-hydrogen) atoms. The summed E-state index contributed by atoms with van der Waals surface area (Å²) in [5.74, 6) is 0.451. The van der Waals surface area contributed by atoms with Crippen LogP contribution in [0.15, 0.2) is 0 Å². The van der Waals surface area contributed by atoms with Gasteiger partial charge in [0, 0.05) is 24.9 Å². The smallest absolute Gasteiger partial charge is 0.407 e. The zero-order valence-electron chi connectivity index (χ0n) is 10.1. The summed E-state index contributed by atoms with van der Waals surface area (Å²) in [5, 5.41) is 9.20. The van der Waals surface area contributed by atoms with Crippen LogP contribution >= 0.6 is 0 Å². The number of ketones is 1. The van der Waals surface area contributed by atoms with Crippen molar-refractivity contribution >= 4 is 11.9 Å². The second-order valence-electron chi connectivity index (χ2n) is 6.02. The number of hydrogen-bond donors (Lipinski definition) is 1. The molecule has 1 N–H and O–H groups in total. The Kier molecular flexibility index (Phi) is 2.48. The molecule has 1 amide bonds. The second-order valence-corrected chi connectivity index (χ2v) is 6.02. The number of hydrogen-bond acceptors (Lipinski definition) is 2. The normalized spacial score (nSPS) is 34.3. The fourth-order valence-corrected chi connectivity index (χ4v) is 3.41. The third-order valence-corrected chi connectivity index (χ3v) is 3.92. The van der Waals surface area contributed by atoms with Crippen LogP contribution in [0.1, 0.15) is 33.6 Å². The third-order valence-electron chi connectivity index (χ3n) is 3.92. The van der Waals surface area contributed by atoms with Crippen molar-refractivity contribution in [1.82, 2.24) is 4.90 Å². The first-order valence-corrected chi connectivity index (χ1v) is 5.84. The highest BCUT2D eigenvalue weighted by Crippen LogP contribution is 2.46. The summed E-state index contributed by atoms with van der Waals surface area (Å²) in [5.41, 5.74) is -0.0948. The fraction of sp³-hybridized carbons (Fsp3) is 0.833. The number of likely N-dealkylation sites (tertiary alicyclic amines) is 1. The average molecular weight is 225 g/mol. The van der Waals surface area contributed by atoms with E-state index in [0.29, 0.717) is 13.0 Å². The predicted molar refractivity (Wildman–Crippen MR) is 59.2 cm³/mol. The van der Waals surface area contributed by atoms with E-state index in [-0.39, 0.29) is 29.1 Å². The van der Waals surface area contributed by atoms with Crippen molar-refractivity contribution in [2.45, 2.75) is 39.7 Å². The number of nitrogens with zero attached hydrogens (tertiary/aromatic N) is 1. The molecule has 0 aromatic heterocycles. The molecule has 1 aliphatic heterocycles. The van der Waals surface area contributed by atoms with Crippen LogP contribution in [0.5, 0.6) is 0 Å². The van der Waals surface area contributed by atoms with Crippen molar-refractivity contribution in [1.29, 1.82) is 0 Å². The number of Topliss-reactive ketones (excluding diaryl/α,β-unsaturated/α-hetero) is 1. The van der Waals surface area contributed by atoms with Crippen LogP contribution in [0.3, 0.4) is 0 Å². The van der Waals surface area contributed by atoms with Gasteiger partial charge >= 0.3 is 6.09 Å². The summed E-state index contributed by atoms with van der Waals surface area (Å²) < 4.78 is 0. The van der Waals surface area contributed by atoms with E-state index in [1.54, 1.807) is 0 Å². The molecule has 1 saturated carbocycles. The number of amides is 1. The Morgan fingerprint density at radius 1 is 1.44 bits per heavy atom. The van der Waals surface area contributed by atoms with E-state index in [0.717, 1.165) is 6.42 Å². The Morgan fingerprint density at radius 3 is 2.56 bits per heavy atom. The van der Waals surface area contributed by atoms with Gasteiger partial charge in [0.2, 0.25) is 0 Å². The number of carbonyl (C=O) groups excluding carboxylic acids is 1. The minimum Gasteiger partial charge on any atom is -0.465 e. The molecule has 2 fully saturated rings. The van der Waals surface area contributed by atoms with Crippen molar-refractivity contribution in [3.05, 3.63) is 0 Å². The van der Waals surface area contributed by atoms with E-state index < -0.39 is 6.09 Å². The summed E-state index contributed by atoms with van der Waals surface area (Å²) in [6, 6.07) is -0.0125. The van der Waals surface area contributed by atoms with Gasteiger partial charge in [0.05, 0.1) is 0 Å². The van der Waals surface area contributed by atoms with Gasteiger partial charge in [-0.05, 0) is 17.8 Å². The lowest BCUT2D eigenvalue weighted by Crippen LogP contribution is -2.45. The first kappa shape index (κ1) is 11.4. The minimum atomic E-state index is -0.887. The highest BCUT2D eigenvalue weighted by Gasteiger charge is 2.53. The van der Waals surface area contributed by atoms with Crippen molar-refractivity contribution in [2.75, 3.05) is 6.54 Å². The lowest BCUT2D eigenvalue weighted by molar-refractivity contribution is -0.120. The van der Waals surface area contributed by atoms with Gasteiger partial charge in [0.15, 0.2) is 0 Å². The minimum absolute atomic E-state index is 0.0125. The first-order valence-electron chi connectivity index (χ1n) is 5.84. The maximum absolute atomic E-state index is 11.7. The van der Waals surface area contributed by atoms with Crippen LogP contribution < -0.4 is 0 Å². The number of rotatable bonds is 0. The molecule has 90 valence electrons. The van der Waals surface area contributed by atoms with Gasteiger partial charge in [-0.3, -0.25) is 4.79 Å². The molecule has 4 heteroatoms. The van der Waals surface area contributed by atoms with Crippen LogP contribution in [0, 0.1) is 17.3 Å². The van der Waals surface area contributed by atoms with Gasteiger partial charge in [-0.15, -0.1) is 0 Å². The average Bonchev–Trinajstić information content (AvgIpc) is 2.64. The molecule has 0 aromatic rings. The lowest BCUT2D eigenvalue weighted by atomic mass is 9.77. The summed E-state index contributed by atoms with van der Waals surface area (Å²) in [4.78, 5) is 24.4. The van der Waals surface area contributed by atoms with E-state index in [1.165, 1.54) is 4.90 Å². The molecule has 0 radical (unpaired) electrons. The largest absolute Gasteiger partial charge is 0.465 e. The molecule has 0 bridgehead atoms. The number of carboxylic acid groups (broad SMARTS) is 1. The Bertz CT molecular complexity index is 332. The van der Waals surface area contributed by atoms with E-state index in [1.807, 2.05) is 0 Å². The first-order chi connectivity index (χ1) is 7.32. The van der Waals surface area contributed by atoms with Gasteiger partial charge in [-0.1, -0.05) is 20.8 Å². The SMILES string of the molecule is CC(C)(C)C1C2CCC(=O)C2CN1C(=O)O. The maximum Gasteiger partial charge on any atom is 0.407 e. The third kappa shape index (κ3) is 1.60. The zero-order valence-corrected chi connectivity index (χ0v) is 10.1. The van der Waals surface area contributed by atoms with Crippen LogP contribution in [-0.4, -0.2) is 34.5 Å². The highest BCUT2D eigenvalue weighted by atomic mass is 16.4. The van der Waals surface area contributed by atoms with Gasteiger partial charge in [0.25, 0.3) is 0 Å². The van der Waals surface area contributed by atoms with Crippen molar-refractivity contribution < 1.29 is 14.7 Å². The monoisotopic (exact) mass is 225 g/mol. The summed E-state index contributed by atoms with van der Waals surface area (Å²) in [6.45, 7) is 6.57. The maximum atomic E-state index is 11.7. The second kappa shape index (κ2) is 3.47. The van der Waals surface area contributed by atoms with E-state index in [9.17, 15) is 14.7 Å². The molecule has 2 aliphatic rings. The van der Waals surface area contributed by atoms with Crippen LogP contribution in [0.25, 0.3) is 0 Å². The standard InChI is InChI=1S/C12H19NO3/c1-12(2,3)10-7-4-5-9(14)8(7)6-13(10)11(15)16/h7-8,10H,4-6H2,1-3H3,(H,15,16). The molecule has 2 rings (SSSR count). The summed E-state index contributed by atoms with van der Waals surface area (Å²) >= 11 is 0. The molecular weight excluding hydrogens is 206 g/mol. The fourth-order valence-electron chi connectivity index (χ4n) is 3.41. The molecular formula is C12H19NO3. The van der Waals surface area contributed by atoms with Gasteiger partial charge in [-0.2, -0.15) is 0 Å². The van der Waals surface area contributed by atoms with E-state index >= 15 is 0 Å². The Balaban J connectivity index is 2.31. The van der Waals surface area contributed by atoms with E-state index in [2.05, 4.69) is 20.8 Å². The molecule has 3 atom stereocenters. The topological polar surface area (TPSA) is 57.6 Å².